The van der Waals surface area contributed by atoms with Crippen molar-refractivity contribution in [2.45, 2.75) is 32.0 Å². The summed E-state index contributed by atoms with van der Waals surface area (Å²) in [7, 11) is 0. The van der Waals surface area contributed by atoms with Gasteiger partial charge in [-0.05, 0) is 31.7 Å². The van der Waals surface area contributed by atoms with Crippen LogP contribution in [0.2, 0.25) is 10.0 Å². The van der Waals surface area contributed by atoms with Crippen LogP contribution in [0.4, 0.5) is 24.8 Å². The fourth-order valence-corrected chi connectivity index (χ4v) is 5.22. The van der Waals surface area contributed by atoms with E-state index in [2.05, 4.69) is 30.6 Å². The summed E-state index contributed by atoms with van der Waals surface area (Å²) in [6.45, 7) is 3.03. The largest absolute Gasteiger partial charge is 0.418 e. The molecule has 1 aliphatic rings. The second kappa shape index (κ2) is 12.0. The quantitative estimate of drug-likeness (QED) is 0.357. The van der Waals surface area contributed by atoms with Gasteiger partial charge in [-0.15, -0.1) is 11.3 Å². The molecular formula is C23H22Cl2F3N7O3S. The van der Waals surface area contributed by atoms with Crippen molar-refractivity contribution in [3.63, 3.8) is 0 Å². The molecule has 0 saturated carbocycles. The second-order valence-corrected chi connectivity index (χ2v) is 10.6. The fraction of sp³-hybridized carbons (Fsp3) is 0.391. The third-order valence-corrected chi connectivity index (χ3v) is 7.85. The van der Waals surface area contributed by atoms with Crippen molar-refractivity contribution in [3.8, 4) is 0 Å². The highest BCUT2D eigenvalue weighted by molar-refractivity contribution is 7.13. The number of amides is 2. The van der Waals surface area contributed by atoms with Crippen LogP contribution in [0.25, 0.3) is 0 Å². The molecule has 0 radical (unpaired) electrons. The zero-order valence-corrected chi connectivity index (χ0v) is 22.6. The number of hydrogen-bond donors (Lipinski definition) is 3. The average molecular weight is 604 g/mol. The molecule has 2 amide bonds. The number of rotatable bonds is 7. The number of halogens is 5. The van der Waals surface area contributed by atoms with Gasteiger partial charge in [0.15, 0.2) is 11.5 Å². The number of aromatic nitrogens is 4. The normalized spacial score (nSPS) is 15.2. The van der Waals surface area contributed by atoms with Crippen molar-refractivity contribution >= 4 is 58.0 Å². The Morgan fingerprint density at radius 2 is 1.87 bits per heavy atom. The number of anilines is 2. The summed E-state index contributed by atoms with van der Waals surface area (Å²) >= 11 is 13.0. The number of thiazole rings is 1. The van der Waals surface area contributed by atoms with Crippen molar-refractivity contribution in [2.24, 2.45) is 5.92 Å². The van der Waals surface area contributed by atoms with E-state index in [1.807, 2.05) is 4.90 Å². The number of hydrogen-bond acceptors (Lipinski definition) is 9. The molecule has 1 saturated heterocycles. The molecule has 1 fully saturated rings. The smallest absolute Gasteiger partial charge is 0.396 e. The van der Waals surface area contributed by atoms with Crippen LogP contribution in [-0.2, 0) is 6.18 Å². The Hall–Kier alpha value is -3.07. The molecule has 39 heavy (non-hydrogen) atoms. The van der Waals surface area contributed by atoms with Gasteiger partial charge in [-0.1, -0.05) is 23.2 Å². The summed E-state index contributed by atoms with van der Waals surface area (Å²) in [5.74, 6) is -0.988. The predicted molar refractivity (Wildman–Crippen MR) is 139 cm³/mol. The minimum absolute atomic E-state index is 0.0263. The van der Waals surface area contributed by atoms with Crippen LogP contribution >= 0.6 is 34.5 Å². The van der Waals surface area contributed by atoms with Crippen LogP contribution in [0.1, 0.15) is 56.5 Å². The molecular weight excluding hydrogens is 582 g/mol. The number of aliphatic hydroxyl groups is 1. The molecule has 3 aromatic rings. The maximum atomic E-state index is 13.1. The van der Waals surface area contributed by atoms with Crippen molar-refractivity contribution in [3.05, 3.63) is 56.0 Å². The summed E-state index contributed by atoms with van der Waals surface area (Å²) < 4.78 is 39.2. The number of nitrogens with zero attached hydrogens (tertiary/aromatic N) is 5. The predicted octanol–water partition coefficient (Wildman–Crippen LogP) is 4.61. The topological polar surface area (TPSA) is 133 Å². The van der Waals surface area contributed by atoms with Crippen LogP contribution in [0.3, 0.4) is 0 Å². The molecule has 10 nitrogen and oxygen atoms in total. The van der Waals surface area contributed by atoms with Crippen molar-refractivity contribution in [2.75, 3.05) is 29.9 Å². The van der Waals surface area contributed by atoms with E-state index in [0.29, 0.717) is 30.0 Å². The molecule has 4 heterocycles. The van der Waals surface area contributed by atoms with Gasteiger partial charge < -0.3 is 20.6 Å². The third kappa shape index (κ3) is 6.75. The number of carbonyl (C=O) groups excluding carboxylic acids is 2. The molecule has 0 aromatic carbocycles. The molecule has 1 atom stereocenters. The third-order valence-electron chi connectivity index (χ3n) is 6.03. The first kappa shape index (κ1) is 28.9. The van der Waals surface area contributed by atoms with E-state index >= 15 is 0 Å². The summed E-state index contributed by atoms with van der Waals surface area (Å²) in [6, 6.07) is -0.0103. The number of carbonyl (C=O) groups is 2. The molecule has 1 unspecified atom stereocenters. The van der Waals surface area contributed by atoms with Crippen LogP contribution < -0.4 is 15.5 Å². The zero-order valence-electron chi connectivity index (χ0n) is 20.3. The Morgan fingerprint density at radius 1 is 1.15 bits per heavy atom. The van der Waals surface area contributed by atoms with Gasteiger partial charge in [-0.2, -0.15) is 13.2 Å². The Bertz CT molecular complexity index is 1370. The number of nitrogens with one attached hydrogen (secondary N) is 2. The molecule has 3 aromatic heterocycles. The van der Waals surface area contributed by atoms with E-state index in [1.54, 1.807) is 6.92 Å². The zero-order chi connectivity index (χ0) is 28.3. The summed E-state index contributed by atoms with van der Waals surface area (Å²) in [6.07, 6.45) is 0.120. The molecule has 0 aliphatic carbocycles. The number of aliphatic hydroxyl groups excluding tert-OH is 1. The van der Waals surface area contributed by atoms with E-state index in [0.717, 1.165) is 30.4 Å². The van der Waals surface area contributed by atoms with Crippen LogP contribution in [0, 0.1) is 5.92 Å². The van der Waals surface area contributed by atoms with E-state index < -0.39 is 34.6 Å². The van der Waals surface area contributed by atoms with E-state index in [4.69, 9.17) is 23.2 Å². The highest BCUT2D eigenvalue weighted by Crippen LogP contribution is 2.35. The van der Waals surface area contributed by atoms with Gasteiger partial charge in [0.25, 0.3) is 11.8 Å². The van der Waals surface area contributed by atoms with Gasteiger partial charge in [0, 0.05) is 25.9 Å². The molecule has 4 rings (SSSR count). The van der Waals surface area contributed by atoms with E-state index in [-0.39, 0.29) is 33.9 Å². The van der Waals surface area contributed by atoms with E-state index in [9.17, 15) is 27.9 Å². The summed E-state index contributed by atoms with van der Waals surface area (Å²) in [5, 5.41) is 14.2. The standard InChI is InChI=1S/C23H22Cl2F3N7O3S/c1-11(33-21(38)18-17(25)19(32-10-31-18)35-4-2-12(9-36)3-5-35)22-30-8-15(39-22)20(37)34-16-6-13(23(26,27)28)14(24)7-29-16/h6-8,10-12,36H,2-5,9H2,1H3,(H,33,38)(H,29,34,37). The molecule has 0 spiro atoms. The lowest BCUT2D eigenvalue weighted by molar-refractivity contribution is -0.137. The van der Waals surface area contributed by atoms with Crippen molar-refractivity contribution < 1.29 is 27.9 Å². The first-order chi connectivity index (χ1) is 18.5. The lowest BCUT2D eigenvalue weighted by Gasteiger charge is -2.32. The maximum Gasteiger partial charge on any atom is 0.418 e. The summed E-state index contributed by atoms with van der Waals surface area (Å²) in [4.78, 5) is 43.7. The van der Waals surface area contributed by atoms with Crippen molar-refractivity contribution in [1.29, 1.82) is 0 Å². The second-order valence-electron chi connectivity index (χ2n) is 8.73. The average Bonchev–Trinajstić information content (AvgIpc) is 3.40. The molecule has 16 heteroatoms. The van der Waals surface area contributed by atoms with Gasteiger partial charge in [0.1, 0.15) is 27.1 Å². The highest BCUT2D eigenvalue weighted by atomic mass is 35.5. The van der Waals surface area contributed by atoms with Gasteiger partial charge in [-0.25, -0.2) is 19.9 Å². The lowest BCUT2D eigenvalue weighted by Crippen LogP contribution is -2.36. The van der Waals surface area contributed by atoms with Gasteiger partial charge >= 0.3 is 6.18 Å². The number of piperidine rings is 1. The molecule has 0 bridgehead atoms. The van der Waals surface area contributed by atoms with Gasteiger partial charge in [0.05, 0.1) is 22.8 Å². The van der Waals surface area contributed by atoms with E-state index in [1.165, 1.54) is 12.5 Å². The van der Waals surface area contributed by atoms with Gasteiger partial charge in [0.2, 0.25) is 0 Å². The number of alkyl halides is 3. The van der Waals surface area contributed by atoms with Crippen LogP contribution in [0.5, 0.6) is 0 Å². The van der Waals surface area contributed by atoms with Crippen LogP contribution in [-0.4, -0.2) is 56.6 Å². The first-order valence-electron chi connectivity index (χ1n) is 11.6. The van der Waals surface area contributed by atoms with Crippen molar-refractivity contribution in [1.82, 2.24) is 25.3 Å². The maximum absolute atomic E-state index is 13.1. The Balaban J connectivity index is 1.41. The Labute approximate surface area is 234 Å². The minimum atomic E-state index is -4.71. The molecule has 1 aliphatic heterocycles. The monoisotopic (exact) mass is 603 g/mol. The first-order valence-corrected chi connectivity index (χ1v) is 13.2. The number of pyridine rings is 1. The van der Waals surface area contributed by atoms with Crippen LogP contribution in [0.15, 0.2) is 24.8 Å². The summed E-state index contributed by atoms with van der Waals surface area (Å²) in [5.41, 5.74) is -1.15. The minimum Gasteiger partial charge on any atom is -0.396 e. The SMILES string of the molecule is CC(NC(=O)c1ncnc(N2CCC(CO)CC2)c1Cl)c1ncc(C(=O)Nc2cc(C(F)(F)F)c(Cl)cn2)s1. The molecule has 3 N–H and O–H groups in total. The fourth-order valence-electron chi connectivity index (χ4n) is 3.89. The lowest BCUT2D eigenvalue weighted by atomic mass is 9.98. The Morgan fingerprint density at radius 3 is 2.54 bits per heavy atom. The highest BCUT2D eigenvalue weighted by Gasteiger charge is 2.34. The van der Waals surface area contributed by atoms with Gasteiger partial charge in [-0.3, -0.25) is 9.59 Å². The Kier molecular flexibility index (Phi) is 8.89. The molecule has 208 valence electrons.